The van der Waals surface area contributed by atoms with Crippen molar-refractivity contribution in [3.05, 3.63) is 66.0 Å². The van der Waals surface area contributed by atoms with Crippen molar-refractivity contribution in [1.82, 2.24) is 0 Å². The molecule has 2 aromatic carbocycles. The van der Waals surface area contributed by atoms with Crippen LogP contribution in [0.25, 0.3) is 0 Å². The van der Waals surface area contributed by atoms with Gasteiger partial charge in [0.05, 0.1) is 0 Å². The first-order valence-electron chi connectivity index (χ1n) is 6.51. The van der Waals surface area contributed by atoms with Gasteiger partial charge in [0.25, 0.3) is 0 Å². The van der Waals surface area contributed by atoms with E-state index in [0.717, 1.165) is 17.8 Å². The topological polar surface area (TPSA) is 29.3 Å². The van der Waals surface area contributed by atoms with Crippen LogP contribution in [0.4, 0.5) is 10.1 Å². The molecule has 2 N–H and O–H groups in total. The highest BCUT2D eigenvalue weighted by atomic mass is 19.1. The Morgan fingerprint density at radius 3 is 2.26 bits per heavy atom. The summed E-state index contributed by atoms with van der Waals surface area (Å²) in [6, 6.07) is 16.4. The molecule has 1 atom stereocenters. The van der Waals surface area contributed by atoms with Crippen molar-refractivity contribution in [1.29, 1.82) is 0 Å². The predicted octanol–water partition coefficient (Wildman–Crippen LogP) is 3.35. The van der Waals surface area contributed by atoms with E-state index in [1.165, 1.54) is 12.1 Å². The highest BCUT2D eigenvalue weighted by Gasteiger charge is 2.11. The summed E-state index contributed by atoms with van der Waals surface area (Å²) >= 11 is 0. The highest BCUT2D eigenvalue weighted by molar-refractivity contribution is 5.46. The molecular formula is C16H19FN2. The van der Waals surface area contributed by atoms with Crippen molar-refractivity contribution >= 4 is 5.69 Å². The monoisotopic (exact) mass is 258 g/mol. The quantitative estimate of drug-likeness (QED) is 0.891. The van der Waals surface area contributed by atoms with Gasteiger partial charge < -0.3 is 10.6 Å². The Labute approximate surface area is 113 Å². The SMILES string of the molecule is CCN(CC(N)c1ccc(F)cc1)c1ccccc1. The number of nitrogens with two attached hydrogens (primary N) is 1. The standard InChI is InChI=1S/C16H19FN2/c1-2-19(15-6-4-3-5-7-15)12-16(18)13-8-10-14(17)11-9-13/h3-11,16H,2,12,18H2,1H3. The number of benzene rings is 2. The molecule has 100 valence electrons. The number of hydrogen-bond donors (Lipinski definition) is 1. The summed E-state index contributed by atoms with van der Waals surface area (Å²) in [6.07, 6.45) is 0. The molecule has 0 aromatic heterocycles. The predicted molar refractivity (Wildman–Crippen MR) is 77.7 cm³/mol. The molecule has 2 rings (SSSR count). The van der Waals surface area contributed by atoms with E-state index in [1.54, 1.807) is 12.1 Å². The molecule has 1 unspecified atom stereocenters. The van der Waals surface area contributed by atoms with Gasteiger partial charge in [0.15, 0.2) is 0 Å². The van der Waals surface area contributed by atoms with Gasteiger partial charge in [-0.2, -0.15) is 0 Å². The molecule has 0 bridgehead atoms. The molecule has 0 aliphatic rings. The van der Waals surface area contributed by atoms with E-state index in [-0.39, 0.29) is 11.9 Å². The maximum absolute atomic E-state index is 12.9. The Hall–Kier alpha value is -1.87. The number of para-hydroxylation sites is 1. The Morgan fingerprint density at radius 2 is 1.68 bits per heavy atom. The van der Waals surface area contributed by atoms with Crippen LogP contribution in [0, 0.1) is 5.82 Å². The van der Waals surface area contributed by atoms with Crippen LogP contribution < -0.4 is 10.6 Å². The van der Waals surface area contributed by atoms with E-state index in [4.69, 9.17) is 5.73 Å². The van der Waals surface area contributed by atoms with Crippen LogP contribution in [0.2, 0.25) is 0 Å². The van der Waals surface area contributed by atoms with E-state index in [1.807, 2.05) is 18.2 Å². The summed E-state index contributed by atoms with van der Waals surface area (Å²) in [6.45, 7) is 3.70. The zero-order valence-corrected chi connectivity index (χ0v) is 11.1. The molecule has 0 radical (unpaired) electrons. The van der Waals surface area contributed by atoms with Crippen molar-refractivity contribution in [3.8, 4) is 0 Å². The fraction of sp³-hybridized carbons (Fsp3) is 0.250. The molecule has 0 saturated carbocycles. The fourth-order valence-electron chi connectivity index (χ4n) is 2.11. The van der Waals surface area contributed by atoms with Crippen LogP contribution in [0.1, 0.15) is 18.5 Å². The smallest absolute Gasteiger partial charge is 0.123 e. The second-order valence-corrected chi connectivity index (χ2v) is 4.53. The molecule has 0 aliphatic heterocycles. The van der Waals surface area contributed by atoms with Crippen molar-refractivity contribution in [2.75, 3.05) is 18.0 Å². The van der Waals surface area contributed by atoms with Gasteiger partial charge in [0.2, 0.25) is 0 Å². The zero-order valence-electron chi connectivity index (χ0n) is 11.1. The van der Waals surface area contributed by atoms with Crippen molar-refractivity contribution in [2.24, 2.45) is 5.73 Å². The summed E-state index contributed by atoms with van der Waals surface area (Å²) in [5.74, 6) is -0.230. The van der Waals surface area contributed by atoms with Crippen molar-refractivity contribution < 1.29 is 4.39 Å². The lowest BCUT2D eigenvalue weighted by Crippen LogP contribution is -2.32. The molecule has 0 heterocycles. The molecular weight excluding hydrogens is 239 g/mol. The van der Waals surface area contributed by atoms with E-state index in [9.17, 15) is 4.39 Å². The first-order chi connectivity index (χ1) is 9.20. The Bertz CT molecular complexity index is 496. The van der Waals surface area contributed by atoms with Gasteiger partial charge in [-0.05, 0) is 36.8 Å². The average molecular weight is 258 g/mol. The number of nitrogens with zero attached hydrogens (tertiary/aromatic N) is 1. The molecule has 3 heteroatoms. The number of anilines is 1. The van der Waals surface area contributed by atoms with Gasteiger partial charge in [-0.3, -0.25) is 0 Å². The van der Waals surface area contributed by atoms with Crippen LogP contribution in [0.3, 0.4) is 0 Å². The largest absolute Gasteiger partial charge is 0.370 e. The third-order valence-corrected chi connectivity index (χ3v) is 3.22. The van der Waals surface area contributed by atoms with Gasteiger partial charge >= 0.3 is 0 Å². The lowest BCUT2D eigenvalue weighted by molar-refractivity contribution is 0.623. The molecule has 0 spiro atoms. The minimum atomic E-state index is -0.230. The Morgan fingerprint density at radius 1 is 1.05 bits per heavy atom. The second-order valence-electron chi connectivity index (χ2n) is 4.53. The molecule has 2 aromatic rings. The van der Waals surface area contributed by atoms with E-state index >= 15 is 0 Å². The lowest BCUT2D eigenvalue weighted by atomic mass is 10.1. The summed E-state index contributed by atoms with van der Waals surface area (Å²) in [5.41, 5.74) is 8.30. The van der Waals surface area contributed by atoms with Crippen LogP contribution in [0.5, 0.6) is 0 Å². The van der Waals surface area contributed by atoms with Crippen LogP contribution in [-0.4, -0.2) is 13.1 Å². The van der Waals surface area contributed by atoms with Crippen molar-refractivity contribution in [2.45, 2.75) is 13.0 Å². The fourth-order valence-corrected chi connectivity index (χ4v) is 2.11. The molecule has 19 heavy (non-hydrogen) atoms. The van der Waals surface area contributed by atoms with Gasteiger partial charge in [-0.1, -0.05) is 30.3 Å². The third-order valence-electron chi connectivity index (χ3n) is 3.22. The number of rotatable bonds is 5. The highest BCUT2D eigenvalue weighted by Crippen LogP contribution is 2.18. The zero-order chi connectivity index (χ0) is 13.7. The minimum Gasteiger partial charge on any atom is -0.370 e. The van der Waals surface area contributed by atoms with Crippen molar-refractivity contribution in [3.63, 3.8) is 0 Å². The molecule has 0 aliphatic carbocycles. The minimum absolute atomic E-state index is 0.124. The Kier molecular flexibility index (Phi) is 4.53. The normalized spacial score (nSPS) is 12.2. The van der Waals surface area contributed by atoms with Crippen LogP contribution >= 0.6 is 0 Å². The molecule has 0 amide bonds. The summed E-state index contributed by atoms with van der Waals surface area (Å²) < 4.78 is 12.9. The second kappa shape index (κ2) is 6.34. The van der Waals surface area contributed by atoms with Crippen LogP contribution in [0.15, 0.2) is 54.6 Å². The van der Waals surface area contributed by atoms with Gasteiger partial charge in [0.1, 0.15) is 5.82 Å². The first kappa shape index (κ1) is 13.6. The maximum Gasteiger partial charge on any atom is 0.123 e. The summed E-state index contributed by atoms with van der Waals surface area (Å²) in [5, 5.41) is 0. The van der Waals surface area contributed by atoms with Crippen LogP contribution in [-0.2, 0) is 0 Å². The average Bonchev–Trinajstić information content (AvgIpc) is 2.46. The van der Waals surface area contributed by atoms with Gasteiger partial charge in [-0.25, -0.2) is 4.39 Å². The number of hydrogen-bond acceptors (Lipinski definition) is 2. The Balaban J connectivity index is 2.08. The van der Waals surface area contributed by atoms with Gasteiger partial charge in [0, 0.05) is 24.8 Å². The van der Waals surface area contributed by atoms with Gasteiger partial charge in [-0.15, -0.1) is 0 Å². The molecule has 2 nitrogen and oxygen atoms in total. The molecule has 0 fully saturated rings. The number of halogens is 1. The number of likely N-dealkylation sites (N-methyl/N-ethyl adjacent to an activating group) is 1. The van der Waals surface area contributed by atoms with E-state index in [2.05, 4.69) is 24.0 Å². The summed E-state index contributed by atoms with van der Waals surface area (Å²) in [4.78, 5) is 2.22. The van der Waals surface area contributed by atoms with E-state index in [0.29, 0.717) is 6.54 Å². The first-order valence-corrected chi connectivity index (χ1v) is 6.51. The third kappa shape index (κ3) is 3.55. The molecule has 0 saturated heterocycles. The summed E-state index contributed by atoms with van der Waals surface area (Å²) in [7, 11) is 0. The maximum atomic E-state index is 12.9. The van der Waals surface area contributed by atoms with E-state index < -0.39 is 0 Å². The lowest BCUT2D eigenvalue weighted by Gasteiger charge is -2.26.